The number of methoxy groups -OCH3 is 1. The molecule has 1 atom stereocenters. The first-order chi connectivity index (χ1) is 11.6. The Balaban J connectivity index is 2.23. The molecule has 1 aliphatic rings. The van der Waals surface area contributed by atoms with Crippen molar-refractivity contribution in [2.75, 3.05) is 40.8 Å². The van der Waals surface area contributed by atoms with Gasteiger partial charge in [-0.25, -0.2) is 13.2 Å². The number of esters is 1. The lowest BCUT2D eigenvalue weighted by molar-refractivity contribution is 0.00404. The van der Waals surface area contributed by atoms with E-state index in [0.29, 0.717) is 32.4 Å². The zero-order valence-electron chi connectivity index (χ0n) is 15.2. The van der Waals surface area contributed by atoms with Crippen molar-refractivity contribution in [2.45, 2.75) is 29.9 Å². The average molecular weight is 373 g/mol. The van der Waals surface area contributed by atoms with Crippen molar-refractivity contribution in [1.82, 2.24) is 13.8 Å². The van der Waals surface area contributed by atoms with Gasteiger partial charge in [-0.15, -0.1) is 0 Å². The molecule has 1 fully saturated rings. The van der Waals surface area contributed by atoms with Gasteiger partial charge in [0.1, 0.15) is 5.69 Å². The Bertz CT molecular complexity index is 728. The molecular formula is C16H27N3O5S. The number of aromatic nitrogens is 1. The van der Waals surface area contributed by atoms with Gasteiger partial charge < -0.3 is 19.3 Å². The van der Waals surface area contributed by atoms with Gasteiger partial charge in [-0.1, -0.05) is 0 Å². The van der Waals surface area contributed by atoms with Crippen LogP contribution in [0.4, 0.5) is 0 Å². The molecule has 1 aromatic rings. The van der Waals surface area contributed by atoms with Crippen LogP contribution in [0.1, 0.15) is 29.8 Å². The number of carbonyl (C=O) groups is 1. The fourth-order valence-electron chi connectivity index (χ4n) is 3.33. The molecule has 0 aromatic carbocycles. The van der Waals surface area contributed by atoms with Crippen LogP contribution >= 0.6 is 0 Å². The van der Waals surface area contributed by atoms with E-state index in [-0.39, 0.29) is 17.3 Å². The summed E-state index contributed by atoms with van der Waals surface area (Å²) in [5.74, 6) is -0.583. The highest BCUT2D eigenvalue weighted by Gasteiger charge is 2.36. The van der Waals surface area contributed by atoms with Crippen LogP contribution in [0.2, 0.25) is 0 Å². The van der Waals surface area contributed by atoms with Crippen LogP contribution < -0.4 is 0 Å². The minimum absolute atomic E-state index is 0.0472. The minimum Gasteiger partial charge on any atom is -0.464 e. The molecule has 2 heterocycles. The van der Waals surface area contributed by atoms with Gasteiger partial charge in [-0.2, -0.15) is 4.31 Å². The molecule has 142 valence electrons. The number of hydrogen-bond donors (Lipinski definition) is 1. The summed E-state index contributed by atoms with van der Waals surface area (Å²) in [6.07, 6.45) is 1.51. The molecule has 0 amide bonds. The maximum Gasteiger partial charge on any atom is 0.354 e. The first-order valence-corrected chi connectivity index (χ1v) is 9.66. The Hall–Kier alpha value is -1.42. The predicted octanol–water partition coefficient (Wildman–Crippen LogP) is 0.279. The second-order valence-corrected chi connectivity index (χ2v) is 8.71. The van der Waals surface area contributed by atoms with Crippen molar-refractivity contribution in [3.8, 4) is 0 Å². The number of rotatable bonds is 5. The molecule has 0 aliphatic carbocycles. The number of sulfonamides is 1. The van der Waals surface area contributed by atoms with Gasteiger partial charge in [0.15, 0.2) is 5.03 Å². The summed E-state index contributed by atoms with van der Waals surface area (Å²) in [6.45, 7) is 1.08. The molecule has 1 N–H and O–H groups in total. The average Bonchev–Trinajstić information content (AvgIpc) is 2.80. The van der Waals surface area contributed by atoms with Gasteiger partial charge in [0.2, 0.25) is 0 Å². The fourth-order valence-corrected chi connectivity index (χ4v) is 4.98. The van der Waals surface area contributed by atoms with E-state index in [9.17, 15) is 18.3 Å². The van der Waals surface area contributed by atoms with Gasteiger partial charge >= 0.3 is 5.97 Å². The summed E-state index contributed by atoms with van der Waals surface area (Å²) in [6, 6.07) is 2.86. The van der Waals surface area contributed by atoms with Crippen molar-refractivity contribution < 1.29 is 23.1 Å². The molecule has 1 saturated heterocycles. The summed E-state index contributed by atoms with van der Waals surface area (Å²) in [5, 5.41) is 10.8. The maximum absolute atomic E-state index is 13.0. The van der Waals surface area contributed by atoms with Crippen molar-refractivity contribution in [3.05, 3.63) is 17.8 Å². The molecule has 0 bridgehead atoms. The minimum atomic E-state index is -3.75. The smallest absolute Gasteiger partial charge is 0.354 e. The van der Waals surface area contributed by atoms with Crippen LogP contribution in [0, 0.1) is 0 Å². The van der Waals surface area contributed by atoms with Crippen LogP contribution in [0.15, 0.2) is 17.2 Å². The summed E-state index contributed by atoms with van der Waals surface area (Å²) in [5.41, 5.74) is -0.709. The van der Waals surface area contributed by atoms with Gasteiger partial charge in [0.05, 0.1) is 12.7 Å². The highest BCUT2D eigenvalue weighted by molar-refractivity contribution is 7.89. The molecule has 0 saturated carbocycles. The molecule has 8 nitrogen and oxygen atoms in total. The third-order valence-electron chi connectivity index (χ3n) is 4.56. The summed E-state index contributed by atoms with van der Waals surface area (Å²) in [7, 11) is 2.80. The Labute approximate surface area is 149 Å². The SMILES string of the molecule is COC(=O)c1ccc(S(=O)(=O)N2CCCC(O)(CN(C)C)CC2)n1C. The Kier molecular flexibility index (Phi) is 5.93. The zero-order valence-corrected chi connectivity index (χ0v) is 16.0. The Morgan fingerprint density at radius 1 is 1.32 bits per heavy atom. The molecule has 25 heavy (non-hydrogen) atoms. The van der Waals surface area contributed by atoms with Crippen molar-refractivity contribution in [3.63, 3.8) is 0 Å². The van der Waals surface area contributed by atoms with Gasteiger partial charge in [0.25, 0.3) is 10.0 Å². The van der Waals surface area contributed by atoms with Crippen molar-refractivity contribution in [2.24, 2.45) is 7.05 Å². The summed E-state index contributed by atoms with van der Waals surface area (Å²) >= 11 is 0. The number of ether oxygens (including phenoxy) is 1. The molecule has 0 radical (unpaired) electrons. The van der Waals surface area contributed by atoms with Crippen molar-refractivity contribution >= 4 is 16.0 Å². The second-order valence-electron chi connectivity index (χ2n) is 6.83. The van der Waals surface area contributed by atoms with Gasteiger partial charge in [0, 0.05) is 26.7 Å². The van der Waals surface area contributed by atoms with E-state index in [4.69, 9.17) is 0 Å². The van der Waals surface area contributed by atoms with Crippen LogP contribution in [0.5, 0.6) is 0 Å². The largest absolute Gasteiger partial charge is 0.464 e. The third-order valence-corrected chi connectivity index (χ3v) is 6.54. The van der Waals surface area contributed by atoms with E-state index in [2.05, 4.69) is 4.74 Å². The molecule has 9 heteroatoms. The molecule has 2 rings (SSSR count). The molecule has 1 unspecified atom stereocenters. The number of carbonyl (C=O) groups excluding carboxylic acids is 1. The van der Waals surface area contributed by atoms with Crippen LogP contribution in [0.25, 0.3) is 0 Å². The zero-order chi connectivity index (χ0) is 18.8. The second kappa shape index (κ2) is 7.45. The summed E-state index contributed by atoms with van der Waals surface area (Å²) in [4.78, 5) is 13.6. The standard InChI is InChI=1S/C16H27N3O5S/c1-17(2)12-16(21)8-5-10-19(11-9-16)25(22,23)14-7-6-13(18(14)3)15(20)24-4/h6-7,21H,5,8-12H2,1-4H3. The molecule has 1 aliphatic heterocycles. The van der Waals surface area contributed by atoms with E-state index in [1.165, 1.54) is 35.2 Å². The number of nitrogens with zero attached hydrogens (tertiary/aromatic N) is 3. The lowest BCUT2D eigenvalue weighted by atomic mass is 9.94. The van der Waals surface area contributed by atoms with Gasteiger partial charge in [-0.05, 0) is 45.5 Å². The van der Waals surface area contributed by atoms with Crippen LogP contribution in [-0.2, 0) is 21.8 Å². The van der Waals surface area contributed by atoms with E-state index in [0.717, 1.165) is 0 Å². The maximum atomic E-state index is 13.0. The lowest BCUT2D eigenvalue weighted by Crippen LogP contribution is -2.41. The van der Waals surface area contributed by atoms with Crippen LogP contribution in [-0.4, -0.2) is 79.7 Å². The highest BCUT2D eigenvalue weighted by Crippen LogP contribution is 2.27. The van der Waals surface area contributed by atoms with Crippen LogP contribution in [0.3, 0.4) is 0 Å². The fraction of sp³-hybridized carbons (Fsp3) is 0.688. The molecule has 0 spiro atoms. The monoisotopic (exact) mass is 373 g/mol. The third kappa shape index (κ3) is 4.22. The first-order valence-electron chi connectivity index (χ1n) is 8.22. The normalized spacial score (nSPS) is 22.8. The topological polar surface area (TPSA) is 92.1 Å². The van der Waals surface area contributed by atoms with E-state index < -0.39 is 21.6 Å². The predicted molar refractivity (Wildman–Crippen MR) is 92.9 cm³/mol. The number of likely N-dealkylation sites (N-methyl/N-ethyl adjacent to an activating group) is 1. The quantitative estimate of drug-likeness (QED) is 0.746. The van der Waals surface area contributed by atoms with E-state index in [1.54, 1.807) is 0 Å². The van der Waals surface area contributed by atoms with Gasteiger partial charge in [-0.3, -0.25) is 0 Å². The first kappa shape index (κ1) is 19.9. The molecular weight excluding hydrogens is 346 g/mol. The lowest BCUT2D eigenvalue weighted by Gasteiger charge is -2.29. The van der Waals surface area contributed by atoms with E-state index >= 15 is 0 Å². The van der Waals surface area contributed by atoms with Crippen molar-refractivity contribution in [1.29, 1.82) is 0 Å². The van der Waals surface area contributed by atoms with E-state index in [1.807, 2.05) is 19.0 Å². The Morgan fingerprint density at radius 2 is 2.00 bits per heavy atom. The highest BCUT2D eigenvalue weighted by atomic mass is 32.2. The molecule has 1 aromatic heterocycles. The Morgan fingerprint density at radius 3 is 2.60 bits per heavy atom. The number of hydrogen-bond acceptors (Lipinski definition) is 6. The summed E-state index contributed by atoms with van der Waals surface area (Å²) < 4.78 is 33.3. The number of aliphatic hydroxyl groups is 1.